The fourth-order valence-electron chi connectivity index (χ4n) is 1.44. The molecule has 0 saturated heterocycles. The second-order valence-corrected chi connectivity index (χ2v) is 4.13. The Bertz CT molecular complexity index is 575. The normalized spacial score (nSPS) is 10.4. The van der Waals surface area contributed by atoms with Crippen molar-refractivity contribution < 1.29 is 13.5 Å². The summed E-state index contributed by atoms with van der Waals surface area (Å²) in [7, 11) is 0. The fraction of sp³-hybridized carbons (Fsp3) is 0.0769. The summed E-state index contributed by atoms with van der Waals surface area (Å²) in [5.74, 6) is -0.539. The summed E-state index contributed by atoms with van der Waals surface area (Å²) >= 11 is 5.64. The molecule has 0 aliphatic carbocycles. The van der Waals surface area contributed by atoms with E-state index < -0.39 is 11.6 Å². The molecule has 0 heterocycles. The lowest BCUT2D eigenvalue weighted by atomic mass is 10.2. The van der Waals surface area contributed by atoms with Crippen LogP contribution in [0.3, 0.4) is 0 Å². The van der Waals surface area contributed by atoms with Gasteiger partial charge >= 0.3 is 0 Å². The van der Waals surface area contributed by atoms with Crippen LogP contribution < -0.4 is 10.5 Å². The zero-order valence-corrected chi connectivity index (χ0v) is 10.0. The SMILES string of the molecule is Nc1cc(F)ccc1OCc1ccc(F)c(Cl)c1. The van der Waals surface area contributed by atoms with Crippen LogP contribution in [0.5, 0.6) is 5.75 Å². The first-order valence-electron chi connectivity index (χ1n) is 5.18. The average molecular weight is 270 g/mol. The Morgan fingerprint density at radius 2 is 1.89 bits per heavy atom. The third kappa shape index (κ3) is 2.90. The van der Waals surface area contributed by atoms with E-state index in [0.717, 1.165) is 0 Å². The van der Waals surface area contributed by atoms with Crippen LogP contribution in [0.1, 0.15) is 5.56 Å². The molecule has 2 aromatic rings. The van der Waals surface area contributed by atoms with Crippen molar-refractivity contribution in [1.82, 2.24) is 0 Å². The summed E-state index contributed by atoms with van der Waals surface area (Å²) in [6, 6.07) is 8.15. The molecule has 2 nitrogen and oxygen atoms in total. The number of nitrogen functional groups attached to an aromatic ring is 1. The molecule has 2 N–H and O–H groups in total. The van der Waals surface area contributed by atoms with Crippen LogP contribution in [-0.2, 0) is 6.61 Å². The first kappa shape index (κ1) is 12.6. The number of anilines is 1. The molecule has 94 valence electrons. The van der Waals surface area contributed by atoms with Crippen LogP contribution in [0.2, 0.25) is 5.02 Å². The lowest BCUT2D eigenvalue weighted by Crippen LogP contribution is -1.99. The van der Waals surface area contributed by atoms with E-state index in [1.54, 1.807) is 6.07 Å². The molecule has 0 fully saturated rings. The second kappa shape index (κ2) is 5.23. The third-order valence-electron chi connectivity index (χ3n) is 2.35. The van der Waals surface area contributed by atoms with E-state index >= 15 is 0 Å². The largest absolute Gasteiger partial charge is 0.487 e. The number of hydrogen-bond acceptors (Lipinski definition) is 2. The van der Waals surface area contributed by atoms with Gasteiger partial charge in [-0.2, -0.15) is 0 Å². The molecule has 0 spiro atoms. The maximum Gasteiger partial charge on any atom is 0.142 e. The highest BCUT2D eigenvalue weighted by molar-refractivity contribution is 6.30. The molecule has 0 saturated carbocycles. The first-order valence-corrected chi connectivity index (χ1v) is 5.56. The van der Waals surface area contributed by atoms with E-state index in [2.05, 4.69) is 0 Å². The van der Waals surface area contributed by atoms with Crippen molar-refractivity contribution in [3.8, 4) is 5.75 Å². The topological polar surface area (TPSA) is 35.2 Å². The third-order valence-corrected chi connectivity index (χ3v) is 2.64. The van der Waals surface area contributed by atoms with E-state index in [1.165, 1.54) is 30.3 Å². The fourth-order valence-corrected chi connectivity index (χ4v) is 1.64. The van der Waals surface area contributed by atoms with Crippen molar-refractivity contribution in [2.24, 2.45) is 0 Å². The number of benzene rings is 2. The van der Waals surface area contributed by atoms with E-state index in [1.807, 2.05) is 0 Å². The monoisotopic (exact) mass is 269 g/mol. The Morgan fingerprint density at radius 3 is 2.56 bits per heavy atom. The number of hydrogen-bond donors (Lipinski definition) is 1. The van der Waals surface area contributed by atoms with Crippen LogP contribution in [0.4, 0.5) is 14.5 Å². The summed E-state index contributed by atoms with van der Waals surface area (Å²) < 4.78 is 31.1. The van der Waals surface area contributed by atoms with Gasteiger partial charge in [-0.1, -0.05) is 17.7 Å². The van der Waals surface area contributed by atoms with Gasteiger partial charge in [-0.25, -0.2) is 8.78 Å². The zero-order valence-electron chi connectivity index (χ0n) is 9.29. The molecule has 0 unspecified atom stereocenters. The van der Waals surface area contributed by atoms with Crippen molar-refractivity contribution >= 4 is 17.3 Å². The average Bonchev–Trinajstić information content (AvgIpc) is 2.32. The molecule has 5 heteroatoms. The molecule has 0 aromatic heterocycles. The molecule has 0 atom stereocenters. The van der Waals surface area contributed by atoms with Gasteiger partial charge in [0.2, 0.25) is 0 Å². The van der Waals surface area contributed by atoms with Crippen molar-refractivity contribution in [3.63, 3.8) is 0 Å². The molecule has 0 bridgehead atoms. The molecular weight excluding hydrogens is 260 g/mol. The molecular formula is C13H10ClF2NO. The minimum Gasteiger partial charge on any atom is -0.487 e. The number of halogens is 3. The van der Waals surface area contributed by atoms with Gasteiger partial charge in [0.1, 0.15) is 24.0 Å². The predicted octanol–water partition coefficient (Wildman–Crippen LogP) is 3.78. The number of rotatable bonds is 3. The summed E-state index contributed by atoms with van der Waals surface area (Å²) in [5, 5.41) is 0.0307. The quantitative estimate of drug-likeness (QED) is 0.861. The summed E-state index contributed by atoms with van der Waals surface area (Å²) in [5.41, 5.74) is 6.50. The van der Waals surface area contributed by atoms with Crippen LogP contribution in [0.15, 0.2) is 36.4 Å². The van der Waals surface area contributed by atoms with Crippen LogP contribution in [0.25, 0.3) is 0 Å². The lowest BCUT2D eigenvalue weighted by molar-refractivity contribution is 0.307. The van der Waals surface area contributed by atoms with E-state index in [0.29, 0.717) is 11.3 Å². The van der Waals surface area contributed by atoms with E-state index in [4.69, 9.17) is 22.1 Å². The second-order valence-electron chi connectivity index (χ2n) is 3.72. The van der Waals surface area contributed by atoms with E-state index in [9.17, 15) is 8.78 Å². The van der Waals surface area contributed by atoms with Gasteiger partial charge in [-0.05, 0) is 29.8 Å². The van der Waals surface area contributed by atoms with Crippen LogP contribution in [-0.4, -0.2) is 0 Å². The maximum atomic E-state index is 12.9. The van der Waals surface area contributed by atoms with Gasteiger partial charge in [0.05, 0.1) is 10.7 Å². The Hall–Kier alpha value is -1.81. The highest BCUT2D eigenvalue weighted by Crippen LogP contribution is 2.23. The van der Waals surface area contributed by atoms with Gasteiger partial charge < -0.3 is 10.5 Å². The van der Waals surface area contributed by atoms with Crippen molar-refractivity contribution in [3.05, 3.63) is 58.6 Å². The smallest absolute Gasteiger partial charge is 0.142 e. The maximum absolute atomic E-state index is 12.9. The van der Waals surface area contributed by atoms with Crippen molar-refractivity contribution in [2.45, 2.75) is 6.61 Å². The highest BCUT2D eigenvalue weighted by atomic mass is 35.5. The summed E-state index contributed by atoms with van der Waals surface area (Å²) in [4.78, 5) is 0. The standard InChI is InChI=1S/C13H10ClF2NO/c14-10-5-8(1-3-11(10)16)7-18-13-4-2-9(15)6-12(13)17/h1-6H,7,17H2. The number of nitrogens with two attached hydrogens (primary N) is 1. The molecule has 0 radical (unpaired) electrons. The zero-order chi connectivity index (χ0) is 13.1. The molecule has 2 aromatic carbocycles. The molecule has 0 aliphatic rings. The van der Waals surface area contributed by atoms with E-state index in [-0.39, 0.29) is 17.3 Å². The first-order chi connectivity index (χ1) is 8.56. The lowest BCUT2D eigenvalue weighted by Gasteiger charge is -2.09. The molecule has 0 aliphatic heterocycles. The van der Waals surface area contributed by atoms with Crippen molar-refractivity contribution in [1.29, 1.82) is 0 Å². The number of ether oxygens (including phenoxy) is 1. The van der Waals surface area contributed by atoms with Gasteiger partial charge in [-0.3, -0.25) is 0 Å². The Labute approximate surface area is 108 Å². The molecule has 18 heavy (non-hydrogen) atoms. The minimum atomic E-state index is -0.485. The summed E-state index contributed by atoms with van der Waals surface area (Å²) in [6.45, 7) is 0.176. The highest BCUT2D eigenvalue weighted by Gasteiger charge is 2.04. The Kier molecular flexibility index (Phi) is 3.67. The minimum absolute atomic E-state index is 0.0307. The Morgan fingerprint density at radius 1 is 1.11 bits per heavy atom. The molecule has 2 rings (SSSR count). The van der Waals surface area contributed by atoms with Crippen molar-refractivity contribution in [2.75, 3.05) is 5.73 Å². The summed E-state index contributed by atoms with van der Waals surface area (Å²) in [6.07, 6.45) is 0. The van der Waals surface area contributed by atoms with Gasteiger partial charge in [0.25, 0.3) is 0 Å². The Balaban J connectivity index is 2.09. The van der Waals surface area contributed by atoms with Gasteiger partial charge in [0, 0.05) is 6.07 Å². The van der Waals surface area contributed by atoms with Crippen LogP contribution >= 0.6 is 11.6 Å². The predicted molar refractivity (Wildman–Crippen MR) is 66.6 cm³/mol. The van der Waals surface area contributed by atoms with Crippen LogP contribution in [0, 0.1) is 11.6 Å². The van der Waals surface area contributed by atoms with Gasteiger partial charge in [-0.15, -0.1) is 0 Å². The van der Waals surface area contributed by atoms with Gasteiger partial charge in [0.15, 0.2) is 0 Å². The molecule has 0 amide bonds.